The van der Waals surface area contributed by atoms with E-state index < -0.39 is 0 Å². The molecule has 66 valence electrons. The van der Waals surface area contributed by atoms with Gasteiger partial charge >= 0.3 is 0 Å². The minimum atomic E-state index is 0.0718. The Morgan fingerprint density at radius 1 is 1.58 bits per heavy atom. The molecule has 0 aliphatic heterocycles. The maximum absolute atomic E-state index is 11.6. The van der Waals surface area contributed by atoms with Crippen molar-refractivity contribution in [3.63, 3.8) is 0 Å². The molecule has 1 aromatic rings. The number of pyridine rings is 1. The van der Waals surface area contributed by atoms with Crippen LogP contribution in [0.5, 0.6) is 0 Å². The Labute approximate surface area is 77.6 Å². The van der Waals surface area contributed by atoms with Crippen molar-refractivity contribution < 1.29 is 0 Å². The molecule has 1 rings (SSSR count). The van der Waals surface area contributed by atoms with Crippen LogP contribution in [-0.2, 0) is 5.75 Å². The average molecular weight is 183 g/mol. The lowest BCUT2D eigenvalue weighted by atomic mass is 10.3. The Balaban J connectivity index is 3.24. The molecule has 1 aromatic heterocycles. The Morgan fingerprint density at radius 2 is 2.25 bits per heavy atom. The van der Waals surface area contributed by atoms with E-state index in [9.17, 15) is 4.79 Å². The minimum Gasteiger partial charge on any atom is -0.313 e. The Bertz CT molecular complexity index is 317. The summed E-state index contributed by atoms with van der Waals surface area (Å²) >= 11 is 4.08. The largest absolute Gasteiger partial charge is 0.313 e. The molecule has 0 bridgehead atoms. The molecule has 0 N–H and O–H groups in total. The van der Waals surface area contributed by atoms with Gasteiger partial charge in [-0.05, 0) is 19.9 Å². The van der Waals surface area contributed by atoms with Gasteiger partial charge in [0.25, 0.3) is 5.56 Å². The third kappa shape index (κ3) is 1.72. The molecule has 1 heterocycles. The minimum absolute atomic E-state index is 0.0718. The van der Waals surface area contributed by atoms with Crippen molar-refractivity contribution >= 4 is 12.6 Å². The van der Waals surface area contributed by atoms with Gasteiger partial charge in [0, 0.05) is 23.6 Å². The molecule has 12 heavy (non-hydrogen) atoms. The lowest BCUT2D eigenvalue weighted by Crippen LogP contribution is -2.23. The smallest absolute Gasteiger partial charge is 0.254 e. The van der Waals surface area contributed by atoms with Gasteiger partial charge in [-0.2, -0.15) is 12.6 Å². The number of rotatable bonds is 2. The van der Waals surface area contributed by atoms with E-state index in [0.717, 1.165) is 5.56 Å². The Morgan fingerprint density at radius 3 is 2.75 bits per heavy atom. The van der Waals surface area contributed by atoms with Crippen molar-refractivity contribution in [1.29, 1.82) is 0 Å². The molecule has 2 nitrogen and oxygen atoms in total. The molecule has 0 atom stereocenters. The molecule has 0 saturated carbocycles. The standard InChI is InChI=1S/C9H13NOS/c1-7(2)10-5-3-4-8(6-12)9(10)11/h3-5,7,12H,6H2,1-2H3. The van der Waals surface area contributed by atoms with Crippen LogP contribution < -0.4 is 5.56 Å². The summed E-state index contributed by atoms with van der Waals surface area (Å²) in [5.74, 6) is 0.506. The molecular weight excluding hydrogens is 170 g/mol. The zero-order chi connectivity index (χ0) is 9.14. The first kappa shape index (κ1) is 9.39. The maximum Gasteiger partial charge on any atom is 0.254 e. The van der Waals surface area contributed by atoms with Crippen LogP contribution in [0.2, 0.25) is 0 Å². The number of hydrogen-bond acceptors (Lipinski definition) is 2. The fraction of sp³-hybridized carbons (Fsp3) is 0.444. The average Bonchev–Trinajstić information content (AvgIpc) is 2.04. The molecule has 0 aliphatic rings. The van der Waals surface area contributed by atoms with E-state index in [-0.39, 0.29) is 11.6 Å². The topological polar surface area (TPSA) is 22.0 Å². The van der Waals surface area contributed by atoms with Crippen LogP contribution in [0.4, 0.5) is 0 Å². The normalized spacial score (nSPS) is 10.7. The zero-order valence-electron chi connectivity index (χ0n) is 7.32. The van der Waals surface area contributed by atoms with E-state index in [1.807, 2.05) is 26.0 Å². The van der Waals surface area contributed by atoms with Crippen molar-refractivity contribution in [2.75, 3.05) is 0 Å². The van der Waals surface area contributed by atoms with Crippen LogP contribution in [0.3, 0.4) is 0 Å². The molecular formula is C9H13NOS. The van der Waals surface area contributed by atoms with Crippen LogP contribution in [0.15, 0.2) is 23.1 Å². The molecule has 3 heteroatoms. The van der Waals surface area contributed by atoms with Crippen LogP contribution in [0.1, 0.15) is 25.5 Å². The first-order valence-corrected chi connectivity index (χ1v) is 4.61. The SMILES string of the molecule is CC(C)n1cccc(CS)c1=O. The molecule has 0 aromatic carbocycles. The van der Waals surface area contributed by atoms with Gasteiger partial charge in [-0.3, -0.25) is 4.79 Å². The monoisotopic (exact) mass is 183 g/mol. The predicted octanol–water partition coefficient (Wildman–Crippen LogP) is 1.86. The number of hydrogen-bond donors (Lipinski definition) is 1. The predicted molar refractivity (Wildman–Crippen MR) is 53.8 cm³/mol. The highest BCUT2D eigenvalue weighted by Crippen LogP contribution is 2.02. The van der Waals surface area contributed by atoms with Crippen LogP contribution >= 0.6 is 12.6 Å². The molecule has 0 fully saturated rings. The molecule has 0 unspecified atom stereocenters. The second-order valence-corrected chi connectivity index (χ2v) is 3.31. The van der Waals surface area contributed by atoms with E-state index >= 15 is 0 Å². The van der Waals surface area contributed by atoms with Gasteiger partial charge in [0.05, 0.1) is 0 Å². The lowest BCUT2D eigenvalue weighted by molar-refractivity contribution is 0.575. The fourth-order valence-corrected chi connectivity index (χ4v) is 1.32. The summed E-state index contributed by atoms with van der Waals surface area (Å²) < 4.78 is 1.71. The van der Waals surface area contributed by atoms with E-state index in [2.05, 4.69) is 12.6 Å². The van der Waals surface area contributed by atoms with Crippen molar-refractivity contribution in [2.24, 2.45) is 0 Å². The van der Waals surface area contributed by atoms with Gasteiger partial charge < -0.3 is 4.57 Å². The molecule has 0 saturated heterocycles. The van der Waals surface area contributed by atoms with Crippen LogP contribution in [0.25, 0.3) is 0 Å². The van der Waals surface area contributed by atoms with Gasteiger partial charge in [-0.25, -0.2) is 0 Å². The highest BCUT2D eigenvalue weighted by atomic mass is 32.1. The van der Waals surface area contributed by atoms with Crippen LogP contribution in [-0.4, -0.2) is 4.57 Å². The summed E-state index contributed by atoms with van der Waals surface area (Å²) in [6.07, 6.45) is 1.81. The lowest BCUT2D eigenvalue weighted by Gasteiger charge is -2.09. The van der Waals surface area contributed by atoms with Crippen molar-refractivity contribution in [3.05, 3.63) is 34.2 Å². The summed E-state index contributed by atoms with van der Waals surface area (Å²) in [5.41, 5.74) is 0.831. The van der Waals surface area contributed by atoms with Crippen molar-refractivity contribution in [3.8, 4) is 0 Å². The first-order valence-electron chi connectivity index (χ1n) is 3.97. The molecule has 0 aliphatic carbocycles. The first-order chi connectivity index (χ1) is 5.66. The summed E-state index contributed by atoms with van der Waals surface area (Å²) in [6, 6.07) is 3.92. The summed E-state index contributed by atoms with van der Waals surface area (Å²) in [7, 11) is 0. The van der Waals surface area contributed by atoms with Gasteiger partial charge in [0.2, 0.25) is 0 Å². The quantitative estimate of drug-likeness (QED) is 0.694. The fourth-order valence-electron chi connectivity index (χ4n) is 1.08. The Kier molecular flexibility index (Phi) is 2.98. The third-order valence-electron chi connectivity index (χ3n) is 1.78. The summed E-state index contributed by atoms with van der Waals surface area (Å²) in [5, 5.41) is 0. The second-order valence-electron chi connectivity index (χ2n) is 3.00. The number of nitrogens with zero attached hydrogens (tertiary/aromatic N) is 1. The van der Waals surface area contributed by atoms with E-state index in [0.29, 0.717) is 5.75 Å². The van der Waals surface area contributed by atoms with E-state index in [1.165, 1.54) is 0 Å². The number of thiol groups is 1. The molecule has 0 amide bonds. The molecule has 0 spiro atoms. The van der Waals surface area contributed by atoms with Gasteiger partial charge in [-0.15, -0.1) is 0 Å². The number of aromatic nitrogens is 1. The molecule has 0 radical (unpaired) electrons. The highest BCUT2D eigenvalue weighted by Gasteiger charge is 2.02. The van der Waals surface area contributed by atoms with Gasteiger partial charge in [-0.1, -0.05) is 6.07 Å². The Hall–Kier alpha value is -0.700. The van der Waals surface area contributed by atoms with Crippen LogP contribution in [0, 0.1) is 0 Å². The van der Waals surface area contributed by atoms with E-state index in [4.69, 9.17) is 0 Å². The van der Waals surface area contributed by atoms with Gasteiger partial charge in [0.1, 0.15) is 0 Å². The maximum atomic E-state index is 11.6. The second kappa shape index (κ2) is 3.81. The van der Waals surface area contributed by atoms with Crippen molar-refractivity contribution in [2.45, 2.75) is 25.6 Å². The van der Waals surface area contributed by atoms with Gasteiger partial charge in [0.15, 0.2) is 0 Å². The summed E-state index contributed by atoms with van der Waals surface area (Å²) in [6.45, 7) is 3.98. The zero-order valence-corrected chi connectivity index (χ0v) is 8.21. The summed E-state index contributed by atoms with van der Waals surface area (Å²) in [4.78, 5) is 11.6. The third-order valence-corrected chi connectivity index (χ3v) is 2.12. The highest BCUT2D eigenvalue weighted by molar-refractivity contribution is 7.79. The van der Waals surface area contributed by atoms with Crippen molar-refractivity contribution in [1.82, 2.24) is 4.57 Å². The van der Waals surface area contributed by atoms with E-state index in [1.54, 1.807) is 10.8 Å².